The Balaban J connectivity index is 2.40. The van der Waals surface area contributed by atoms with Crippen LogP contribution in [0.1, 0.15) is 13.8 Å². The molecule has 0 aliphatic carbocycles. The molecule has 3 N–H and O–H groups in total. The second-order valence-corrected chi connectivity index (χ2v) is 7.55. The third-order valence-electron chi connectivity index (χ3n) is 3.91. The number of carboxylic acids is 1. The van der Waals surface area contributed by atoms with Gasteiger partial charge in [0.25, 0.3) is 0 Å². The predicted octanol–water partition coefficient (Wildman–Crippen LogP) is -0.557. The number of rotatable bonds is 2. The number of fused-ring (bicyclic) bond motifs is 1. The van der Waals surface area contributed by atoms with Crippen molar-refractivity contribution in [2.45, 2.75) is 42.1 Å². The second-order valence-electron chi connectivity index (χ2n) is 5.16. The van der Waals surface area contributed by atoms with Crippen molar-refractivity contribution in [1.29, 1.82) is 0 Å². The molecule has 0 aromatic heterocycles. The first-order valence-electron chi connectivity index (χ1n) is 5.61. The van der Waals surface area contributed by atoms with Crippen LogP contribution >= 0.6 is 10.5 Å². The summed E-state index contributed by atoms with van der Waals surface area (Å²) in [6.07, 6.45) is 0. The van der Waals surface area contributed by atoms with Crippen LogP contribution in [0, 0.1) is 0 Å². The third-order valence-corrected chi connectivity index (χ3v) is 6.62. The Hall–Kier alpha value is -0.920. The fraction of sp³-hybridized carbons (Fsp3) is 0.727. The molecule has 0 amide bonds. The van der Waals surface area contributed by atoms with Gasteiger partial charge in [0.15, 0.2) is 0 Å². The molecule has 2 aliphatic rings. The van der Waals surface area contributed by atoms with Crippen LogP contribution < -0.4 is 5.73 Å². The maximum Gasteiger partial charge on any atom is 0.324 e. The van der Waals surface area contributed by atoms with Crippen LogP contribution in [0.2, 0.25) is 0 Å². The van der Waals surface area contributed by atoms with Crippen LogP contribution in [-0.4, -0.2) is 63.2 Å². The first-order chi connectivity index (χ1) is 8.25. The maximum atomic E-state index is 11.7. The lowest BCUT2D eigenvalue weighted by atomic mass is 9.90. The summed E-state index contributed by atoms with van der Waals surface area (Å²) in [6.45, 7) is 3.72. The van der Waals surface area contributed by atoms with Gasteiger partial charge in [-0.15, -0.1) is 0 Å². The van der Waals surface area contributed by atoms with Crippen LogP contribution in [-0.2, 0) is 14.3 Å². The van der Waals surface area contributed by atoms with E-state index in [0.717, 1.165) is 0 Å². The van der Waals surface area contributed by atoms with Crippen molar-refractivity contribution in [2.75, 3.05) is 7.11 Å². The summed E-state index contributed by atoms with van der Waals surface area (Å²) in [5.41, 5.74) is 5.99. The molecule has 2 saturated heterocycles. The Bertz CT molecular complexity index is 437. The molecule has 5 atom stereocenters. The standard InChI is InChI=1S/C11H18N2O4S/c1-11(2)7(9(14)15)13-6(10(16)17-3)5(12)8(13)18(11)4/h5-8H,4,12H2,1-3H3,(H,14,15)/t5-,6?,7+,8?,18?/m1/s1. The van der Waals surface area contributed by atoms with E-state index in [4.69, 9.17) is 10.5 Å². The summed E-state index contributed by atoms with van der Waals surface area (Å²) in [4.78, 5) is 24.8. The number of methoxy groups -OCH3 is 1. The van der Waals surface area contributed by atoms with Crippen LogP contribution in [0.5, 0.6) is 0 Å². The van der Waals surface area contributed by atoms with E-state index in [-0.39, 0.29) is 5.37 Å². The van der Waals surface area contributed by atoms with Crippen molar-refractivity contribution in [3.63, 3.8) is 0 Å². The van der Waals surface area contributed by atoms with Gasteiger partial charge in [0.1, 0.15) is 12.1 Å². The van der Waals surface area contributed by atoms with Crippen molar-refractivity contribution in [3.05, 3.63) is 0 Å². The normalized spacial score (nSPS) is 41.9. The van der Waals surface area contributed by atoms with Gasteiger partial charge in [0.2, 0.25) is 0 Å². The van der Waals surface area contributed by atoms with Gasteiger partial charge < -0.3 is 15.6 Å². The summed E-state index contributed by atoms with van der Waals surface area (Å²) < 4.78 is 4.19. The Morgan fingerprint density at radius 2 is 2.06 bits per heavy atom. The molecule has 7 heteroatoms. The number of esters is 1. The second kappa shape index (κ2) is 4.04. The number of carbonyl (C=O) groups excluding carboxylic acids is 1. The number of aliphatic carboxylic acids is 1. The minimum Gasteiger partial charge on any atom is -0.480 e. The van der Waals surface area contributed by atoms with E-state index in [9.17, 15) is 14.7 Å². The average molecular weight is 274 g/mol. The molecular formula is C11H18N2O4S. The van der Waals surface area contributed by atoms with E-state index < -0.39 is 45.3 Å². The van der Waals surface area contributed by atoms with Gasteiger partial charge >= 0.3 is 11.9 Å². The highest BCUT2D eigenvalue weighted by Crippen LogP contribution is 2.55. The Kier molecular flexibility index (Phi) is 3.03. The molecular weight excluding hydrogens is 256 g/mol. The zero-order chi connectivity index (χ0) is 13.8. The molecule has 0 saturated carbocycles. The van der Waals surface area contributed by atoms with Crippen molar-refractivity contribution in [2.24, 2.45) is 5.73 Å². The van der Waals surface area contributed by atoms with E-state index in [1.54, 1.807) is 4.90 Å². The summed E-state index contributed by atoms with van der Waals surface area (Å²) >= 11 is 0. The van der Waals surface area contributed by atoms with Crippen molar-refractivity contribution < 1.29 is 19.4 Å². The van der Waals surface area contributed by atoms with Gasteiger partial charge in [-0.05, 0) is 13.8 Å². The van der Waals surface area contributed by atoms with Gasteiger partial charge in [-0.2, -0.15) is 10.5 Å². The zero-order valence-electron chi connectivity index (χ0n) is 10.6. The molecule has 3 unspecified atom stereocenters. The minimum atomic E-state index is -0.940. The van der Waals surface area contributed by atoms with Gasteiger partial charge in [0, 0.05) is 4.75 Å². The van der Waals surface area contributed by atoms with Crippen LogP contribution in [0.25, 0.3) is 0 Å². The molecule has 2 fully saturated rings. The number of nitrogens with zero attached hydrogens (tertiary/aromatic N) is 1. The van der Waals surface area contributed by atoms with E-state index in [0.29, 0.717) is 0 Å². The van der Waals surface area contributed by atoms with Gasteiger partial charge in [0.05, 0.1) is 18.5 Å². The van der Waals surface area contributed by atoms with Crippen LogP contribution in [0.15, 0.2) is 0 Å². The molecule has 2 rings (SSSR count). The molecule has 18 heavy (non-hydrogen) atoms. The molecule has 0 spiro atoms. The van der Waals surface area contributed by atoms with Crippen molar-refractivity contribution in [1.82, 2.24) is 4.90 Å². The molecule has 102 valence electrons. The SMILES string of the molecule is C=S1C2[C@H](N)C(C(=O)OC)N2[C@@H](C(=O)O)C1(C)C. The van der Waals surface area contributed by atoms with E-state index >= 15 is 0 Å². The first kappa shape index (κ1) is 13.5. The van der Waals surface area contributed by atoms with E-state index in [2.05, 4.69) is 5.87 Å². The summed E-state index contributed by atoms with van der Waals surface area (Å²) in [5.74, 6) is 2.65. The summed E-state index contributed by atoms with van der Waals surface area (Å²) in [6, 6.07) is -1.81. The number of nitrogens with two attached hydrogens (primary N) is 1. The van der Waals surface area contributed by atoms with Gasteiger partial charge in [-0.25, -0.2) is 0 Å². The molecule has 2 heterocycles. The van der Waals surface area contributed by atoms with Gasteiger partial charge in [-0.1, -0.05) is 5.87 Å². The van der Waals surface area contributed by atoms with E-state index in [1.165, 1.54) is 7.11 Å². The molecule has 0 aromatic rings. The van der Waals surface area contributed by atoms with Crippen molar-refractivity contribution in [3.8, 4) is 0 Å². The Morgan fingerprint density at radius 3 is 2.50 bits per heavy atom. The Labute approximate surface area is 108 Å². The largest absolute Gasteiger partial charge is 0.480 e. The van der Waals surface area contributed by atoms with Crippen molar-refractivity contribution >= 4 is 28.3 Å². The lowest BCUT2D eigenvalue weighted by Crippen LogP contribution is -2.74. The first-order valence-corrected chi connectivity index (χ1v) is 7.07. The monoisotopic (exact) mass is 274 g/mol. The lowest BCUT2D eigenvalue weighted by Gasteiger charge is -2.49. The molecule has 6 nitrogen and oxygen atoms in total. The number of hydrogen-bond donors (Lipinski definition) is 2. The fourth-order valence-corrected chi connectivity index (χ4v) is 5.10. The predicted molar refractivity (Wildman–Crippen MR) is 69.6 cm³/mol. The minimum absolute atomic E-state index is 0.148. The Morgan fingerprint density at radius 1 is 1.50 bits per heavy atom. The highest BCUT2D eigenvalue weighted by atomic mass is 32.2. The third kappa shape index (κ3) is 1.47. The smallest absolute Gasteiger partial charge is 0.324 e. The number of carboxylic acid groups (broad SMARTS) is 1. The van der Waals surface area contributed by atoms with Crippen LogP contribution in [0.4, 0.5) is 0 Å². The molecule has 0 bridgehead atoms. The summed E-state index contributed by atoms with van der Waals surface area (Å²) in [7, 11) is 0.852. The average Bonchev–Trinajstić information content (AvgIpc) is 2.44. The number of carbonyl (C=O) groups is 2. The van der Waals surface area contributed by atoms with Gasteiger partial charge in [-0.3, -0.25) is 14.5 Å². The molecule has 0 radical (unpaired) electrons. The number of hydrogen-bond acceptors (Lipinski definition) is 5. The summed E-state index contributed by atoms with van der Waals surface area (Å²) in [5, 5.41) is 9.24. The fourth-order valence-electron chi connectivity index (χ4n) is 2.89. The zero-order valence-corrected chi connectivity index (χ0v) is 11.4. The van der Waals surface area contributed by atoms with Crippen LogP contribution in [0.3, 0.4) is 0 Å². The topological polar surface area (TPSA) is 92.9 Å². The molecule has 2 aliphatic heterocycles. The highest BCUT2D eigenvalue weighted by molar-refractivity contribution is 8.16. The van der Waals surface area contributed by atoms with E-state index in [1.807, 2.05) is 13.8 Å². The highest BCUT2D eigenvalue weighted by Gasteiger charge is 2.66. The quantitative estimate of drug-likeness (QED) is 0.518. The lowest BCUT2D eigenvalue weighted by molar-refractivity contribution is -0.162. The number of ether oxygens (including phenoxy) is 1. The molecule has 0 aromatic carbocycles. The maximum absolute atomic E-state index is 11.7.